The first kappa shape index (κ1) is 16.9. The molecular weight excluding hydrogens is 316 g/mol. The molecule has 0 saturated carbocycles. The maximum Gasteiger partial charge on any atom is 0.270 e. The number of rotatable bonds is 2. The van der Waals surface area contributed by atoms with E-state index < -0.39 is 21.4 Å². The van der Waals surface area contributed by atoms with Crippen molar-refractivity contribution in [1.29, 1.82) is 0 Å². The number of ketones is 2. The van der Waals surface area contributed by atoms with Crippen LogP contribution in [0.2, 0.25) is 0 Å². The molecule has 0 bridgehead atoms. The van der Waals surface area contributed by atoms with Crippen LogP contribution in [0.5, 0.6) is 0 Å². The molecule has 0 N–H and O–H groups in total. The third kappa shape index (κ3) is 2.65. The van der Waals surface area contributed by atoms with E-state index in [-0.39, 0.29) is 22.5 Å². The molecule has 0 atom stereocenters. The fraction of sp³-hybridized carbons (Fsp3) is 0.125. The summed E-state index contributed by atoms with van der Waals surface area (Å²) < 4.78 is 0. The Kier molecular flexibility index (Phi) is 4.50. The fourth-order valence-corrected chi connectivity index (χ4v) is 2.38. The van der Waals surface area contributed by atoms with Crippen molar-refractivity contribution < 1.29 is 19.4 Å². The summed E-state index contributed by atoms with van der Waals surface area (Å²) in [6.07, 6.45) is 0. The average molecular weight is 328 g/mol. The van der Waals surface area contributed by atoms with Gasteiger partial charge in [-0.25, -0.2) is 0 Å². The van der Waals surface area contributed by atoms with Crippen molar-refractivity contribution in [3.63, 3.8) is 0 Å². The van der Waals surface area contributed by atoms with E-state index in [4.69, 9.17) is 0 Å². The Hall–Kier alpha value is -3.42. The van der Waals surface area contributed by atoms with Gasteiger partial charge in [0.2, 0.25) is 11.6 Å². The Balaban J connectivity index is 0.00000100. The van der Waals surface area contributed by atoms with Crippen molar-refractivity contribution in [1.82, 2.24) is 0 Å². The maximum atomic E-state index is 12.1. The summed E-state index contributed by atoms with van der Waals surface area (Å²) in [5.74, 6) is -1.82. The van der Waals surface area contributed by atoms with Crippen LogP contribution < -0.4 is 0 Å². The van der Waals surface area contributed by atoms with Gasteiger partial charge < -0.3 is 0 Å². The zero-order valence-corrected chi connectivity index (χ0v) is 12.8. The Morgan fingerprint density at radius 1 is 0.667 bits per heavy atom. The Morgan fingerprint density at radius 3 is 1.29 bits per heavy atom. The molecule has 8 nitrogen and oxygen atoms in total. The molecule has 1 aliphatic carbocycles. The Labute approximate surface area is 136 Å². The van der Waals surface area contributed by atoms with Crippen LogP contribution in [0.1, 0.15) is 34.6 Å². The number of benzene rings is 2. The van der Waals surface area contributed by atoms with Crippen LogP contribution in [0, 0.1) is 20.2 Å². The predicted molar refractivity (Wildman–Crippen MR) is 85.2 cm³/mol. The second-order valence-corrected chi connectivity index (χ2v) is 4.63. The second kappa shape index (κ2) is 6.37. The van der Waals surface area contributed by atoms with Crippen molar-refractivity contribution in [2.24, 2.45) is 0 Å². The van der Waals surface area contributed by atoms with Gasteiger partial charge in [0.15, 0.2) is 0 Å². The molecule has 0 fully saturated rings. The molecule has 0 radical (unpaired) electrons. The SMILES string of the molecule is CC.O=C1C(=O)c2cc([N+](=O)[O-])ccc2-c2ccc([N+](=O)[O-])cc21. The van der Waals surface area contributed by atoms with Crippen LogP contribution in [-0.2, 0) is 0 Å². The zero-order valence-electron chi connectivity index (χ0n) is 12.8. The van der Waals surface area contributed by atoms with Gasteiger partial charge in [-0.15, -0.1) is 0 Å². The van der Waals surface area contributed by atoms with E-state index in [1.165, 1.54) is 24.3 Å². The summed E-state index contributed by atoms with van der Waals surface area (Å²) in [7, 11) is 0. The van der Waals surface area contributed by atoms with Crippen LogP contribution in [0.15, 0.2) is 36.4 Å². The fourth-order valence-electron chi connectivity index (χ4n) is 2.38. The van der Waals surface area contributed by atoms with Crippen LogP contribution in [0.3, 0.4) is 0 Å². The molecule has 0 spiro atoms. The molecule has 1 aliphatic rings. The highest BCUT2D eigenvalue weighted by Crippen LogP contribution is 2.36. The molecule has 24 heavy (non-hydrogen) atoms. The smallest absolute Gasteiger partial charge is 0.270 e. The van der Waals surface area contributed by atoms with E-state index in [0.717, 1.165) is 12.1 Å². The first-order valence-corrected chi connectivity index (χ1v) is 7.06. The molecule has 8 heteroatoms. The van der Waals surface area contributed by atoms with Gasteiger partial charge in [0, 0.05) is 35.4 Å². The highest BCUT2D eigenvalue weighted by molar-refractivity contribution is 6.53. The number of nitrogens with zero attached hydrogens (tertiary/aromatic N) is 2. The largest absolute Gasteiger partial charge is 0.285 e. The lowest BCUT2D eigenvalue weighted by Crippen LogP contribution is -2.21. The van der Waals surface area contributed by atoms with Gasteiger partial charge in [-0.2, -0.15) is 0 Å². The molecule has 0 heterocycles. The highest BCUT2D eigenvalue weighted by Gasteiger charge is 2.32. The number of Topliss-reactive ketones (excluding diaryl/α,β-unsaturated/α-hetero) is 2. The molecular formula is C16H12N2O6. The maximum absolute atomic E-state index is 12.1. The van der Waals surface area contributed by atoms with E-state index in [9.17, 15) is 29.8 Å². The average Bonchev–Trinajstić information content (AvgIpc) is 2.60. The topological polar surface area (TPSA) is 120 Å². The number of hydrogen-bond donors (Lipinski definition) is 0. The number of carbonyl (C=O) groups excluding carboxylic acids is 2. The van der Waals surface area contributed by atoms with Crippen molar-refractivity contribution >= 4 is 22.9 Å². The Bertz CT molecular complexity index is 815. The minimum Gasteiger partial charge on any atom is -0.285 e. The standard InChI is InChI=1S/C14H6N2O6.C2H6/c17-13-11-5-7(15(19)20)1-3-9(11)10-4-2-8(16(21)22)6-12(10)14(13)18;1-2/h1-6H;1-2H3. The molecule has 2 aromatic carbocycles. The molecule has 122 valence electrons. The van der Waals surface area contributed by atoms with E-state index >= 15 is 0 Å². The van der Waals surface area contributed by atoms with Crippen LogP contribution in [0.4, 0.5) is 11.4 Å². The lowest BCUT2D eigenvalue weighted by atomic mass is 9.83. The number of hydrogen-bond acceptors (Lipinski definition) is 6. The van der Waals surface area contributed by atoms with Gasteiger partial charge in [0.05, 0.1) is 9.85 Å². The van der Waals surface area contributed by atoms with Crippen LogP contribution in [-0.4, -0.2) is 21.4 Å². The van der Waals surface area contributed by atoms with Gasteiger partial charge in [-0.3, -0.25) is 29.8 Å². The molecule has 2 aromatic rings. The minimum atomic E-state index is -0.910. The minimum absolute atomic E-state index is 0.0689. The van der Waals surface area contributed by atoms with E-state index in [1.807, 2.05) is 13.8 Å². The molecule has 0 saturated heterocycles. The summed E-state index contributed by atoms with van der Waals surface area (Å²) in [5.41, 5.74) is -0.0446. The highest BCUT2D eigenvalue weighted by atomic mass is 16.6. The van der Waals surface area contributed by atoms with Crippen molar-refractivity contribution in [2.75, 3.05) is 0 Å². The molecule has 0 aromatic heterocycles. The van der Waals surface area contributed by atoms with E-state index in [1.54, 1.807) is 0 Å². The van der Waals surface area contributed by atoms with Crippen LogP contribution in [0.25, 0.3) is 11.1 Å². The number of nitro benzene ring substituents is 2. The third-order valence-corrected chi connectivity index (χ3v) is 3.41. The summed E-state index contributed by atoms with van der Waals surface area (Å²) >= 11 is 0. The predicted octanol–water partition coefficient (Wildman–Crippen LogP) is 3.58. The first-order chi connectivity index (χ1) is 11.4. The normalized spacial score (nSPS) is 11.8. The van der Waals surface area contributed by atoms with Crippen LogP contribution >= 0.6 is 0 Å². The number of nitro groups is 2. The van der Waals surface area contributed by atoms with Gasteiger partial charge >= 0.3 is 0 Å². The monoisotopic (exact) mass is 328 g/mol. The second-order valence-electron chi connectivity index (χ2n) is 4.63. The van der Waals surface area contributed by atoms with Gasteiger partial charge in [0.1, 0.15) is 0 Å². The van der Waals surface area contributed by atoms with E-state index in [0.29, 0.717) is 11.1 Å². The summed E-state index contributed by atoms with van der Waals surface area (Å²) in [4.78, 5) is 44.4. The number of non-ortho nitro benzene ring substituents is 2. The number of fused-ring (bicyclic) bond motifs is 3. The van der Waals surface area contributed by atoms with Crippen molar-refractivity contribution in [3.05, 3.63) is 67.8 Å². The number of carbonyl (C=O) groups is 2. The summed E-state index contributed by atoms with van der Waals surface area (Å²) in [6, 6.07) is 7.24. The molecule has 0 amide bonds. The molecule has 3 rings (SSSR count). The lowest BCUT2D eigenvalue weighted by molar-refractivity contribution is -0.385. The van der Waals surface area contributed by atoms with E-state index in [2.05, 4.69) is 0 Å². The summed E-state index contributed by atoms with van der Waals surface area (Å²) in [6.45, 7) is 4.00. The molecule has 0 unspecified atom stereocenters. The third-order valence-electron chi connectivity index (χ3n) is 3.41. The van der Waals surface area contributed by atoms with Crippen molar-refractivity contribution in [3.8, 4) is 11.1 Å². The van der Waals surface area contributed by atoms with Crippen molar-refractivity contribution in [2.45, 2.75) is 13.8 Å². The lowest BCUT2D eigenvalue weighted by Gasteiger charge is -2.17. The van der Waals surface area contributed by atoms with Gasteiger partial charge in [-0.1, -0.05) is 13.8 Å². The zero-order chi connectivity index (χ0) is 18.0. The Morgan fingerprint density at radius 2 is 1.00 bits per heavy atom. The summed E-state index contributed by atoms with van der Waals surface area (Å²) in [5, 5.41) is 21.5. The first-order valence-electron chi connectivity index (χ1n) is 7.06. The van der Waals surface area contributed by atoms with Gasteiger partial charge in [0.25, 0.3) is 11.4 Å². The molecule has 0 aliphatic heterocycles. The van der Waals surface area contributed by atoms with Gasteiger partial charge in [-0.05, 0) is 23.3 Å². The quantitative estimate of drug-likeness (QED) is 0.472.